The molecule has 7 heteroatoms. The molecule has 0 radical (unpaired) electrons. The monoisotopic (exact) mass is 396 g/mol. The van der Waals surface area contributed by atoms with E-state index in [2.05, 4.69) is 11.6 Å². The van der Waals surface area contributed by atoms with Gasteiger partial charge in [-0.3, -0.25) is 15.1 Å². The summed E-state index contributed by atoms with van der Waals surface area (Å²) in [5.41, 5.74) is 1.61. The van der Waals surface area contributed by atoms with Crippen LogP contribution in [0.25, 0.3) is 0 Å². The fourth-order valence-corrected chi connectivity index (χ4v) is 2.44. The number of nitro benzene ring substituents is 1. The third-order valence-corrected chi connectivity index (χ3v) is 4.02. The summed E-state index contributed by atoms with van der Waals surface area (Å²) in [5, 5.41) is 10.7. The summed E-state index contributed by atoms with van der Waals surface area (Å²) in [7, 11) is 0. The molecular formula is C22H24N2O5. The van der Waals surface area contributed by atoms with Crippen LogP contribution in [0.2, 0.25) is 0 Å². The number of non-ortho nitro benzene ring substituents is 1. The summed E-state index contributed by atoms with van der Waals surface area (Å²) in [6.07, 6.45) is 6.57. The molecule has 2 aromatic rings. The van der Waals surface area contributed by atoms with Gasteiger partial charge in [-0.05, 0) is 67.6 Å². The van der Waals surface area contributed by atoms with E-state index in [1.165, 1.54) is 18.2 Å². The van der Waals surface area contributed by atoms with Gasteiger partial charge in [-0.25, -0.2) is 4.79 Å². The van der Waals surface area contributed by atoms with Gasteiger partial charge in [0.15, 0.2) is 0 Å². The van der Waals surface area contributed by atoms with E-state index in [0.717, 1.165) is 42.7 Å². The number of hydrogen-bond acceptors (Lipinski definition) is 6. The predicted octanol–water partition coefficient (Wildman–Crippen LogP) is 5.01. The molecule has 29 heavy (non-hydrogen) atoms. The Morgan fingerprint density at radius 1 is 1.00 bits per heavy atom. The van der Waals surface area contributed by atoms with Crippen molar-refractivity contribution < 1.29 is 19.2 Å². The summed E-state index contributed by atoms with van der Waals surface area (Å²) >= 11 is 0. The third-order valence-electron chi connectivity index (χ3n) is 4.02. The molecule has 152 valence electrons. The average Bonchev–Trinajstić information content (AvgIpc) is 2.75. The van der Waals surface area contributed by atoms with E-state index in [9.17, 15) is 14.9 Å². The molecule has 0 aliphatic heterocycles. The topological polar surface area (TPSA) is 91.0 Å². The molecule has 0 saturated heterocycles. The molecule has 2 aromatic carbocycles. The fourth-order valence-electron chi connectivity index (χ4n) is 2.44. The molecule has 0 unspecified atom stereocenters. The highest BCUT2D eigenvalue weighted by Gasteiger charge is 2.02. The Morgan fingerprint density at radius 2 is 1.66 bits per heavy atom. The molecule has 0 amide bonds. The van der Waals surface area contributed by atoms with Crippen molar-refractivity contribution in [2.75, 3.05) is 13.2 Å². The van der Waals surface area contributed by atoms with Crippen LogP contribution >= 0.6 is 0 Å². The van der Waals surface area contributed by atoms with Crippen molar-refractivity contribution in [3.63, 3.8) is 0 Å². The van der Waals surface area contributed by atoms with Gasteiger partial charge in [0, 0.05) is 24.4 Å². The number of ether oxygens (including phenoxy) is 2. The molecule has 0 aromatic heterocycles. The zero-order chi connectivity index (χ0) is 20.9. The largest absolute Gasteiger partial charge is 0.494 e. The molecule has 0 bridgehead atoms. The van der Waals surface area contributed by atoms with Gasteiger partial charge in [-0.15, -0.1) is 0 Å². The number of unbranched alkanes of at least 4 members (excludes halogenated alkanes) is 3. The Kier molecular flexibility index (Phi) is 9.08. The molecule has 7 nitrogen and oxygen atoms in total. The highest BCUT2D eigenvalue weighted by molar-refractivity contribution is 5.82. The van der Waals surface area contributed by atoms with Gasteiger partial charge >= 0.3 is 5.97 Å². The zero-order valence-electron chi connectivity index (χ0n) is 16.2. The van der Waals surface area contributed by atoms with Crippen molar-refractivity contribution in [3.8, 4) is 5.75 Å². The second-order valence-corrected chi connectivity index (χ2v) is 6.24. The standard InChI is InChI=1S/C22H24N2O5/c1-2-22(25)29-16-6-4-3-5-15-28-21-13-9-19(10-14-21)23-17-18-7-11-20(12-8-18)24(26)27/h2,7-14,17H,1,3-6,15-16H2. The SMILES string of the molecule is C=CC(=O)OCCCCCCOc1ccc(N=Cc2ccc([N+](=O)[O-])cc2)cc1. The number of carbonyl (C=O) groups is 1. The lowest BCUT2D eigenvalue weighted by atomic mass is 10.2. The van der Waals surface area contributed by atoms with Gasteiger partial charge < -0.3 is 9.47 Å². The van der Waals surface area contributed by atoms with E-state index in [4.69, 9.17) is 9.47 Å². The van der Waals surface area contributed by atoms with Crippen LogP contribution in [0.4, 0.5) is 11.4 Å². The molecule has 0 spiro atoms. The Morgan fingerprint density at radius 3 is 2.28 bits per heavy atom. The number of nitro groups is 1. The van der Waals surface area contributed by atoms with Crippen LogP contribution < -0.4 is 4.74 Å². The van der Waals surface area contributed by atoms with Gasteiger partial charge in [0.05, 0.1) is 23.8 Å². The van der Waals surface area contributed by atoms with Crippen molar-refractivity contribution in [1.82, 2.24) is 0 Å². The molecule has 0 atom stereocenters. The summed E-state index contributed by atoms with van der Waals surface area (Å²) in [6, 6.07) is 13.6. The van der Waals surface area contributed by atoms with Crippen molar-refractivity contribution >= 4 is 23.6 Å². The van der Waals surface area contributed by atoms with E-state index in [0.29, 0.717) is 13.2 Å². The number of carbonyl (C=O) groups excluding carboxylic acids is 1. The first-order valence-electron chi connectivity index (χ1n) is 9.39. The lowest BCUT2D eigenvalue weighted by molar-refractivity contribution is -0.384. The maximum absolute atomic E-state index is 10.9. The van der Waals surface area contributed by atoms with E-state index in [-0.39, 0.29) is 11.7 Å². The van der Waals surface area contributed by atoms with E-state index < -0.39 is 4.92 Å². The second kappa shape index (κ2) is 12.1. The highest BCUT2D eigenvalue weighted by atomic mass is 16.6. The fraction of sp³-hybridized carbons (Fsp3) is 0.273. The van der Waals surface area contributed by atoms with Gasteiger partial charge in [-0.2, -0.15) is 0 Å². The second-order valence-electron chi connectivity index (χ2n) is 6.24. The van der Waals surface area contributed by atoms with Crippen molar-refractivity contribution in [3.05, 3.63) is 76.9 Å². The lowest BCUT2D eigenvalue weighted by Gasteiger charge is -2.06. The van der Waals surface area contributed by atoms with Crippen molar-refractivity contribution in [2.24, 2.45) is 4.99 Å². The zero-order valence-corrected chi connectivity index (χ0v) is 16.2. The minimum Gasteiger partial charge on any atom is -0.494 e. The third kappa shape index (κ3) is 8.38. The molecule has 0 N–H and O–H groups in total. The first-order chi connectivity index (χ1) is 14.1. The maximum atomic E-state index is 10.9. The predicted molar refractivity (Wildman–Crippen MR) is 112 cm³/mol. The van der Waals surface area contributed by atoms with E-state index >= 15 is 0 Å². The van der Waals surface area contributed by atoms with Crippen LogP contribution in [0, 0.1) is 10.1 Å². The number of esters is 1. The van der Waals surface area contributed by atoms with Gasteiger partial charge in [0.1, 0.15) is 5.75 Å². The van der Waals surface area contributed by atoms with Crippen LogP contribution in [-0.2, 0) is 9.53 Å². The molecule has 0 aliphatic rings. The molecule has 2 rings (SSSR count). The number of hydrogen-bond donors (Lipinski definition) is 0. The Hall–Kier alpha value is -3.48. The van der Waals surface area contributed by atoms with E-state index in [1.54, 1.807) is 18.3 Å². The Labute approximate surface area is 169 Å². The Balaban J connectivity index is 1.66. The van der Waals surface area contributed by atoms with Crippen LogP contribution in [0.15, 0.2) is 66.2 Å². The number of rotatable bonds is 12. The van der Waals surface area contributed by atoms with Crippen molar-refractivity contribution in [2.45, 2.75) is 25.7 Å². The molecular weight excluding hydrogens is 372 g/mol. The molecule has 0 fully saturated rings. The lowest BCUT2D eigenvalue weighted by Crippen LogP contribution is -2.02. The minimum absolute atomic E-state index is 0.0554. The first kappa shape index (κ1) is 21.8. The van der Waals surface area contributed by atoms with Gasteiger partial charge in [0.25, 0.3) is 5.69 Å². The average molecular weight is 396 g/mol. The number of benzene rings is 2. The van der Waals surface area contributed by atoms with E-state index in [1.807, 2.05) is 24.3 Å². The van der Waals surface area contributed by atoms with Crippen LogP contribution in [0.5, 0.6) is 5.75 Å². The van der Waals surface area contributed by atoms with Crippen LogP contribution in [0.3, 0.4) is 0 Å². The number of aliphatic imine (C=N–C) groups is 1. The smallest absolute Gasteiger partial charge is 0.330 e. The molecule has 0 aliphatic carbocycles. The highest BCUT2D eigenvalue weighted by Crippen LogP contribution is 2.19. The van der Waals surface area contributed by atoms with Crippen LogP contribution in [-0.4, -0.2) is 30.3 Å². The molecule has 0 heterocycles. The molecule has 0 saturated carbocycles. The van der Waals surface area contributed by atoms with Gasteiger partial charge in [-0.1, -0.05) is 6.58 Å². The van der Waals surface area contributed by atoms with Crippen molar-refractivity contribution in [1.29, 1.82) is 0 Å². The van der Waals surface area contributed by atoms with Gasteiger partial charge in [0.2, 0.25) is 0 Å². The summed E-state index contributed by atoms with van der Waals surface area (Å²) < 4.78 is 10.6. The minimum atomic E-state index is -0.430. The summed E-state index contributed by atoms with van der Waals surface area (Å²) in [6.45, 7) is 4.39. The Bertz CT molecular complexity index is 829. The first-order valence-corrected chi connectivity index (χ1v) is 9.39. The quantitative estimate of drug-likeness (QED) is 0.126. The summed E-state index contributed by atoms with van der Waals surface area (Å²) in [5.74, 6) is 0.396. The van der Waals surface area contributed by atoms with Crippen LogP contribution in [0.1, 0.15) is 31.2 Å². The normalized spacial score (nSPS) is 10.6. The number of nitrogens with zero attached hydrogens (tertiary/aromatic N) is 2. The maximum Gasteiger partial charge on any atom is 0.330 e. The summed E-state index contributed by atoms with van der Waals surface area (Å²) in [4.78, 5) is 25.5.